The van der Waals surface area contributed by atoms with Gasteiger partial charge in [0.15, 0.2) is 0 Å². The Kier molecular flexibility index (Phi) is 5.67. The molecule has 1 fully saturated rings. The van der Waals surface area contributed by atoms with E-state index >= 15 is 0 Å². The Hall–Kier alpha value is -0.590. The number of Topliss-reactive ketones (excluding diaryl/α,β-unsaturated/α-hetero) is 1. The minimum atomic E-state index is 0.342. The van der Waals surface area contributed by atoms with Crippen LogP contribution in [0.2, 0.25) is 0 Å². The normalized spacial score (nSPS) is 22.9. The monoisotopic (exact) mass is 208 g/mol. The zero-order valence-electron chi connectivity index (χ0n) is 10.2. The summed E-state index contributed by atoms with van der Waals surface area (Å²) in [5.41, 5.74) is 0. The molecular formula is C14H24O. The van der Waals surface area contributed by atoms with Crippen LogP contribution in [0.5, 0.6) is 0 Å². The highest BCUT2D eigenvalue weighted by Crippen LogP contribution is 2.23. The van der Waals surface area contributed by atoms with Crippen LogP contribution in [0.25, 0.3) is 0 Å². The Bertz CT molecular complexity index is 215. The first-order valence-corrected chi connectivity index (χ1v) is 6.38. The molecular weight excluding hydrogens is 184 g/mol. The van der Waals surface area contributed by atoms with Gasteiger partial charge < -0.3 is 0 Å². The molecule has 1 aliphatic rings. The van der Waals surface area contributed by atoms with E-state index in [4.69, 9.17) is 0 Å². The van der Waals surface area contributed by atoms with Crippen LogP contribution in [0.3, 0.4) is 0 Å². The second-order valence-corrected chi connectivity index (χ2v) is 5.09. The lowest BCUT2D eigenvalue weighted by atomic mass is 9.85. The van der Waals surface area contributed by atoms with Gasteiger partial charge >= 0.3 is 0 Å². The van der Waals surface area contributed by atoms with Crippen molar-refractivity contribution in [3.05, 3.63) is 12.2 Å². The van der Waals surface area contributed by atoms with Crippen molar-refractivity contribution in [3.63, 3.8) is 0 Å². The van der Waals surface area contributed by atoms with E-state index in [1.54, 1.807) is 0 Å². The van der Waals surface area contributed by atoms with Crippen molar-refractivity contribution in [1.29, 1.82) is 0 Å². The van der Waals surface area contributed by atoms with Crippen LogP contribution in [-0.4, -0.2) is 5.78 Å². The Morgan fingerprint density at radius 1 is 1.33 bits per heavy atom. The van der Waals surface area contributed by atoms with Crippen LogP contribution in [0.15, 0.2) is 12.2 Å². The molecule has 0 bridgehead atoms. The molecule has 0 aromatic carbocycles. The number of rotatable bonds is 5. The molecule has 0 amide bonds. The largest absolute Gasteiger partial charge is 0.299 e. The van der Waals surface area contributed by atoms with Crippen LogP contribution in [-0.2, 0) is 4.79 Å². The van der Waals surface area contributed by atoms with Gasteiger partial charge in [0.05, 0.1) is 0 Å². The molecule has 1 atom stereocenters. The van der Waals surface area contributed by atoms with Crippen molar-refractivity contribution in [2.75, 3.05) is 0 Å². The lowest BCUT2D eigenvalue weighted by Crippen LogP contribution is -2.17. The zero-order valence-corrected chi connectivity index (χ0v) is 10.2. The van der Waals surface area contributed by atoms with E-state index in [2.05, 4.69) is 26.0 Å². The average molecular weight is 208 g/mol. The second-order valence-electron chi connectivity index (χ2n) is 5.09. The number of hydrogen-bond acceptors (Lipinski definition) is 1. The average Bonchev–Trinajstić information content (AvgIpc) is 2.20. The smallest absolute Gasteiger partial charge is 0.136 e. The molecule has 1 unspecified atom stereocenters. The summed E-state index contributed by atoms with van der Waals surface area (Å²) in [6.07, 6.45) is 12.2. The molecule has 1 rings (SSSR count). The quantitative estimate of drug-likeness (QED) is 0.621. The number of hydrogen-bond donors (Lipinski definition) is 0. The highest BCUT2D eigenvalue weighted by Gasteiger charge is 2.20. The van der Waals surface area contributed by atoms with Gasteiger partial charge in [0.2, 0.25) is 0 Å². The SMILES string of the molecule is CC(C)CC/C=C/CC1CCCCC1=O. The fraction of sp³-hybridized carbons (Fsp3) is 0.786. The first kappa shape index (κ1) is 12.5. The fourth-order valence-corrected chi connectivity index (χ4v) is 2.11. The Labute approximate surface area is 93.9 Å². The summed E-state index contributed by atoms with van der Waals surface area (Å²) in [5, 5.41) is 0. The van der Waals surface area contributed by atoms with Gasteiger partial charge in [-0.3, -0.25) is 4.79 Å². The molecule has 15 heavy (non-hydrogen) atoms. The van der Waals surface area contributed by atoms with Crippen molar-refractivity contribution in [1.82, 2.24) is 0 Å². The third-order valence-electron chi connectivity index (χ3n) is 3.18. The molecule has 0 radical (unpaired) electrons. The maximum atomic E-state index is 11.5. The van der Waals surface area contributed by atoms with E-state index in [1.807, 2.05) is 0 Å². The van der Waals surface area contributed by atoms with Crippen LogP contribution in [0.1, 0.15) is 58.8 Å². The van der Waals surface area contributed by atoms with Gasteiger partial charge in [-0.05, 0) is 38.0 Å². The minimum absolute atomic E-state index is 0.342. The van der Waals surface area contributed by atoms with Crippen molar-refractivity contribution >= 4 is 5.78 Å². The van der Waals surface area contributed by atoms with Crippen LogP contribution in [0.4, 0.5) is 0 Å². The van der Waals surface area contributed by atoms with Crippen molar-refractivity contribution in [3.8, 4) is 0 Å². The van der Waals surface area contributed by atoms with Crippen LogP contribution in [0, 0.1) is 11.8 Å². The number of carbonyl (C=O) groups excluding carboxylic acids is 1. The minimum Gasteiger partial charge on any atom is -0.299 e. The van der Waals surface area contributed by atoms with Gasteiger partial charge in [-0.15, -0.1) is 0 Å². The number of carbonyl (C=O) groups is 1. The summed E-state index contributed by atoms with van der Waals surface area (Å²) < 4.78 is 0. The molecule has 0 N–H and O–H groups in total. The molecule has 0 aliphatic heterocycles. The van der Waals surface area contributed by atoms with Gasteiger partial charge in [0, 0.05) is 12.3 Å². The number of ketones is 1. The third-order valence-corrected chi connectivity index (χ3v) is 3.18. The summed E-state index contributed by atoms with van der Waals surface area (Å²) in [4.78, 5) is 11.5. The molecule has 0 aromatic heterocycles. The summed E-state index contributed by atoms with van der Waals surface area (Å²) in [5.74, 6) is 1.62. The van der Waals surface area contributed by atoms with Crippen LogP contribution >= 0.6 is 0 Å². The maximum absolute atomic E-state index is 11.5. The summed E-state index contributed by atoms with van der Waals surface area (Å²) >= 11 is 0. The van der Waals surface area contributed by atoms with E-state index in [-0.39, 0.29) is 0 Å². The third kappa shape index (κ3) is 5.15. The molecule has 1 heteroatoms. The lowest BCUT2D eigenvalue weighted by molar-refractivity contribution is -0.124. The molecule has 86 valence electrons. The van der Waals surface area contributed by atoms with E-state index in [1.165, 1.54) is 19.3 Å². The molecule has 0 heterocycles. The van der Waals surface area contributed by atoms with Gasteiger partial charge in [-0.25, -0.2) is 0 Å². The van der Waals surface area contributed by atoms with E-state index < -0.39 is 0 Å². The Balaban J connectivity index is 2.15. The predicted octanol–water partition coefficient (Wildman–Crippen LogP) is 4.13. The topological polar surface area (TPSA) is 17.1 Å². The van der Waals surface area contributed by atoms with Gasteiger partial charge in [-0.2, -0.15) is 0 Å². The molecule has 1 nitrogen and oxygen atoms in total. The summed E-state index contributed by atoms with van der Waals surface area (Å²) in [6.45, 7) is 4.50. The Morgan fingerprint density at radius 2 is 2.13 bits per heavy atom. The predicted molar refractivity (Wildman–Crippen MR) is 64.8 cm³/mol. The van der Waals surface area contributed by atoms with Crippen LogP contribution < -0.4 is 0 Å². The molecule has 1 aliphatic carbocycles. The van der Waals surface area contributed by atoms with Gasteiger partial charge in [0.25, 0.3) is 0 Å². The van der Waals surface area contributed by atoms with Crippen molar-refractivity contribution < 1.29 is 4.79 Å². The molecule has 1 saturated carbocycles. The zero-order chi connectivity index (χ0) is 11.1. The highest BCUT2D eigenvalue weighted by molar-refractivity contribution is 5.81. The standard InChI is InChI=1S/C14H24O/c1-12(2)8-4-3-5-9-13-10-6-7-11-14(13)15/h3,5,12-13H,4,6-11H2,1-2H3/b5-3+. The Morgan fingerprint density at radius 3 is 2.80 bits per heavy atom. The van der Waals surface area contributed by atoms with Gasteiger partial charge in [0.1, 0.15) is 5.78 Å². The molecule has 0 saturated heterocycles. The molecule has 0 aromatic rings. The summed E-state index contributed by atoms with van der Waals surface area (Å²) in [7, 11) is 0. The molecule has 0 spiro atoms. The highest BCUT2D eigenvalue weighted by atomic mass is 16.1. The first-order valence-electron chi connectivity index (χ1n) is 6.38. The summed E-state index contributed by atoms with van der Waals surface area (Å²) in [6, 6.07) is 0. The fourth-order valence-electron chi connectivity index (χ4n) is 2.11. The number of allylic oxidation sites excluding steroid dienone is 2. The second kappa shape index (κ2) is 6.81. The maximum Gasteiger partial charge on any atom is 0.136 e. The van der Waals surface area contributed by atoms with Gasteiger partial charge in [-0.1, -0.05) is 32.4 Å². The lowest BCUT2D eigenvalue weighted by Gasteiger charge is -2.18. The van der Waals surface area contributed by atoms with E-state index in [9.17, 15) is 4.79 Å². The van der Waals surface area contributed by atoms with Crippen molar-refractivity contribution in [2.45, 2.75) is 58.8 Å². The van der Waals surface area contributed by atoms with Crippen molar-refractivity contribution in [2.24, 2.45) is 11.8 Å². The van der Waals surface area contributed by atoms with E-state index in [0.717, 1.165) is 31.6 Å². The van der Waals surface area contributed by atoms with E-state index in [0.29, 0.717) is 11.7 Å². The first-order chi connectivity index (χ1) is 7.20.